The van der Waals surface area contributed by atoms with Crippen LogP contribution in [0, 0.1) is 0 Å². The number of aromatic nitrogens is 3. The van der Waals surface area contributed by atoms with Gasteiger partial charge in [-0.25, -0.2) is 9.97 Å². The molecule has 28 heavy (non-hydrogen) atoms. The molecule has 1 aromatic carbocycles. The average molecular weight is 376 g/mol. The van der Waals surface area contributed by atoms with Crippen molar-refractivity contribution in [2.75, 3.05) is 42.8 Å². The zero-order valence-corrected chi connectivity index (χ0v) is 16.3. The molecule has 0 saturated heterocycles. The zero-order chi connectivity index (χ0) is 19.9. The van der Waals surface area contributed by atoms with Crippen molar-refractivity contribution < 1.29 is 4.79 Å². The van der Waals surface area contributed by atoms with Gasteiger partial charge < -0.3 is 15.1 Å². The summed E-state index contributed by atoms with van der Waals surface area (Å²) in [6, 6.07) is 11.6. The maximum absolute atomic E-state index is 12.4. The summed E-state index contributed by atoms with van der Waals surface area (Å²) in [7, 11) is 5.90. The molecule has 3 rings (SSSR count). The normalized spacial score (nSPS) is 10.4. The number of carbonyl (C=O) groups excluding carboxylic acids is 1. The van der Waals surface area contributed by atoms with Gasteiger partial charge in [0.2, 0.25) is 0 Å². The summed E-state index contributed by atoms with van der Waals surface area (Å²) < 4.78 is 0. The maximum Gasteiger partial charge on any atom is 0.275 e. The Hall–Kier alpha value is -3.48. The van der Waals surface area contributed by atoms with Crippen LogP contribution in [0.15, 0.2) is 61.2 Å². The molecule has 0 unspecified atom stereocenters. The van der Waals surface area contributed by atoms with Gasteiger partial charge in [-0.3, -0.25) is 9.78 Å². The van der Waals surface area contributed by atoms with Crippen molar-refractivity contribution in [1.82, 2.24) is 15.0 Å². The molecule has 0 spiro atoms. The van der Waals surface area contributed by atoms with E-state index in [2.05, 4.69) is 20.3 Å². The van der Waals surface area contributed by atoms with E-state index >= 15 is 0 Å². The SMILES string of the molecule is CN(C)c1ccc(NC(=O)c2cnc(N(C)CCc3ccncc3)cn2)cc1. The number of benzene rings is 1. The number of likely N-dealkylation sites (N-methyl/N-ethyl adjacent to an activating group) is 1. The van der Waals surface area contributed by atoms with E-state index in [0.717, 1.165) is 30.2 Å². The third-order valence-corrected chi connectivity index (χ3v) is 4.39. The number of amides is 1. The van der Waals surface area contributed by atoms with E-state index in [1.54, 1.807) is 18.6 Å². The number of nitrogens with one attached hydrogen (secondary N) is 1. The van der Waals surface area contributed by atoms with Crippen molar-refractivity contribution in [3.05, 3.63) is 72.4 Å². The summed E-state index contributed by atoms with van der Waals surface area (Å²) in [6.45, 7) is 0.794. The summed E-state index contributed by atoms with van der Waals surface area (Å²) in [6.07, 6.45) is 7.58. The van der Waals surface area contributed by atoms with E-state index < -0.39 is 0 Å². The summed E-state index contributed by atoms with van der Waals surface area (Å²) in [5.74, 6) is 0.442. The third-order valence-electron chi connectivity index (χ3n) is 4.39. The van der Waals surface area contributed by atoms with Crippen molar-refractivity contribution in [3.8, 4) is 0 Å². The molecular formula is C21H24N6O. The standard InChI is InChI=1S/C21H24N6O/c1-26(2)18-6-4-17(5-7-18)25-21(28)19-14-24-20(15-23-19)27(3)13-10-16-8-11-22-12-9-16/h4-9,11-12,14-15H,10,13H2,1-3H3,(H,25,28). The van der Waals surface area contributed by atoms with Gasteiger partial charge in [0.15, 0.2) is 0 Å². The minimum absolute atomic E-state index is 0.281. The number of carbonyl (C=O) groups is 1. The summed E-state index contributed by atoms with van der Waals surface area (Å²) in [5.41, 5.74) is 3.28. The lowest BCUT2D eigenvalue weighted by molar-refractivity contribution is 0.102. The van der Waals surface area contributed by atoms with E-state index in [4.69, 9.17) is 0 Å². The Labute approximate surface area is 165 Å². The van der Waals surface area contributed by atoms with Crippen LogP contribution in [0.3, 0.4) is 0 Å². The number of hydrogen-bond acceptors (Lipinski definition) is 6. The number of nitrogens with zero attached hydrogens (tertiary/aromatic N) is 5. The summed E-state index contributed by atoms with van der Waals surface area (Å²) in [5, 5.41) is 2.84. The van der Waals surface area contributed by atoms with Crippen LogP contribution in [-0.2, 0) is 6.42 Å². The first kappa shape index (κ1) is 19.3. The molecule has 1 amide bonds. The fourth-order valence-corrected chi connectivity index (χ4v) is 2.63. The van der Waals surface area contributed by atoms with Crippen LogP contribution in [0.25, 0.3) is 0 Å². The Kier molecular flexibility index (Phi) is 6.16. The van der Waals surface area contributed by atoms with Gasteiger partial charge >= 0.3 is 0 Å². The summed E-state index contributed by atoms with van der Waals surface area (Å²) in [4.78, 5) is 29.1. The molecule has 0 fully saturated rings. The van der Waals surface area contributed by atoms with Gasteiger partial charge in [-0.05, 0) is 48.4 Å². The Morgan fingerprint density at radius 3 is 2.29 bits per heavy atom. The molecule has 2 heterocycles. The molecule has 0 radical (unpaired) electrons. The molecule has 0 saturated carbocycles. The van der Waals surface area contributed by atoms with Gasteiger partial charge in [-0.15, -0.1) is 0 Å². The van der Waals surface area contributed by atoms with E-state index in [0.29, 0.717) is 0 Å². The highest BCUT2D eigenvalue weighted by atomic mass is 16.1. The van der Waals surface area contributed by atoms with E-state index in [-0.39, 0.29) is 11.6 Å². The lowest BCUT2D eigenvalue weighted by Crippen LogP contribution is -2.22. The second-order valence-corrected chi connectivity index (χ2v) is 6.68. The van der Waals surface area contributed by atoms with Gasteiger partial charge in [0.1, 0.15) is 11.5 Å². The second-order valence-electron chi connectivity index (χ2n) is 6.68. The molecule has 3 aromatic rings. The molecule has 2 aromatic heterocycles. The first-order chi connectivity index (χ1) is 13.5. The van der Waals surface area contributed by atoms with Crippen LogP contribution in [0.2, 0.25) is 0 Å². The highest BCUT2D eigenvalue weighted by molar-refractivity contribution is 6.02. The van der Waals surface area contributed by atoms with Crippen LogP contribution in [-0.4, -0.2) is 48.5 Å². The average Bonchev–Trinajstić information content (AvgIpc) is 2.73. The molecular weight excluding hydrogens is 352 g/mol. The van der Waals surface area contributed by atoms with Crippen LogP contribution < -0.4 is 15.1 Å². The van der Waals surface area contributed by atoms with E-state index in [9.17, 15) is 4.79 Å². The topological polar surface area (TPSA) is 74.2 Å². The molecule has 0 aliphatic rings. The van der Waals surface area contributed by atoms with Crippen molar-refractivity contribution in [3.63, 3.8) is 0 Å². The monoisotopic (exact) mass is 376 g/mol. The largest absolute Gasteiger partial charge is 0.378 e. The Balaban J connectivity index is 1.57. The lowest BCUT2D eigenvalue weighted by atomic mass is 10.2. The second kappa shape index (κ2) is 8.94. The highest BCUT2D eigenvalue weighted by Crippen LogP contribution is 2.16. The quantitative estimate of drug-likeness (QED) is 0.683. The number of pyridine rings is 1. The van der Waals surface area contributed by atoms with Gasteiger partial charge in [0, 0.05) is 51.5 Å². The third kappa shape index (κ3) is 5.03. The predicted octanol–water partition coefficient (Wildman–Crippen LogP) is 2.87. The van der Waals surface area contributed by atoms with Gasteiger partial charge in [-0.2, -0.15) is 0 Å². The fourth-order valence-electron chi connectivity index (χ4n) is 2.63. The van der Waals surface area contributed by atoms with Crippen LogP contribution in [0.5, 0.6) is 0 Å². The molecule has 144 valence electrons. The minimum Gasteiger partial charge on any atom is -0.378 e. The van der Waals surface area contributed by atoms with Crippen molar-refractivity contribution in [1.29, 1.82) is 0 Å². The van der Waals surface area contributed by atoms with Crippen molar-refractivity contribution in [2.45, 2.75) is 6.42 Å². The zero-order valence-electron chi connectivity index (χ0n) is 16.3. The molecule has 7 heteroatoms. The van der Waals surface area contributed by atoms with Crippen molar-refractivity contribution >= 4 is 23.1 Å². The fraction of sp³-hybridized carbons (Fsp3) is 0.238. The Bertz CT molecular complexity index is 894. The Morgan fingerprint density at radius 1 is 0.964 bits per heavy atom. The maximum atomic E-state index is 12.4. The molecule has 0 atom stereocenters. The minimum atomic E-state index is -0.281. The first-order valence-corrected chi connectivity index (χ1v) is 9.04. The van der Waals surface area contributed by atoms with Crippen LogP contribution >= 0.6 is 0 Å². The molecule has 7 nitrogen and oxygen atoms in total. The van der Waals surface area contributed by atoms with Crippen LogP contribution in [0.4, 0.5) is 17.2 Å². The van der Waals surface area contributed by atoms with Gasteiger partial charge in [0.05, 0.1) is 12.4 Å². The molecule has 0 bridgehead atoms. The van der Waals surface area contributed by atoms with E-state index in [1.807, 2.05) is 67.3 Å². The molecule has 0 aliphatic heterocycles. The highest BCUT2D eigenvalue weighted by Gasteiger charge is 2.10. The molecule has 1 N–H and O–H groups in total. The van der Waals surface area contributed by atoms with Gasteiger partial charge in [0.25, 0.3) is 5.91 Å². The van der Waals surface area contributed by atoms with Gasteiger partial charge in [-0.1, -0.05) is 0 Å². The number of anilines is 3. The number of rotatable bonds is 7. The van der Waals surface area contributed by atoms with Crippen molar-refractivity contribution in [2.24, 2.45) is 0 Å². The number of hydrogen-bond donors (Lipinski definition) is 1. The first-order valence-electron chi connectivity index (χ1n) is 9.04. The van der Waals surface area contributed by atoms with E-state index in [1.165, 1.54) is 11.8 Å². The Morgan fingerprint density at radius 2 is 1.68 bits per heavy atom. The van der Waals surface area contributed by atoms with Crippen LogP contribution in [0.1, 0.15) is 16.1 Å². The molecule has 0 aliphatic carbocycles. The predicted molar refractivity (Wildman–Crippen MR) is 112 cm³/mol. The lowest BCUT2D eigenvalue weighted by Gasteiger charge is -2.17. The summed E-state index contributed by atoms with van der Waals surface area (Å²) >= 11 is 0. The smallest absolute Gasteiger partial charge is 0.275 e.